The molecule has 82 valence electrons. The molecule has 0 aromatic carbocycles. The van der Waals surface area contributed by atoms with E-state index in [1.54, 1.807) is 0 Å². The summed E-state index contributed by atoms with van der Waals surface area (Å²) in [7, 11) is 1.08. The number of pyridine rings is 1. The number of aromatic carboxylic acids is 1. The van der Waals surface area contributed by atoms with Crippen LogP contribution in [-0.2, 0) is 0 Å². The summed E-state index contributed by atoms with van der Waals surface area (Å²) >= 11 is 0. The highest BCUT2D eigenvalue weighted by atomic mass is 19.3. The first-order valence-corrected chi connectivity index (χ1v) is 3.82. The number of methoxy groups -OCH3 is 1. The summed E-state index contributed by atoms with van der Waals surface area (Å²) in [6.07, 6.45) is -2.05. The number of halogens is 2. The summed E-state index contributed by atoms with van der Waals surface area (Å²) in [5.74, 6) is -1.94. The zero-order chi connectivity index (χ0) is 11.6. The number of carbonyl (C=O) groups is 1. The molecule has 1 heterocycles. The third-order valence-corrected chi connectivity index (χ3v) is 1.72. The van der Waals surface area contributed by atoms with Crippen LogP contribution in [0.5, 0.6) is 5.75 Å². The van der Waals surface area contributed by atoms with Crippen LogP contribution in [0.25, 0.3) is 0 Å². The number of rotatable bonds is 3. The van der Waals surface area contributed by atoms with Crippen molar-refractivity contribution in [2.75, 3.05) is 12.8 Å². The Morgan fingerprint density at radius 1 is 1.67 bits per heavy atom. The SMILES string of the molecule is COc1c(C(F)F)ncc(N)c1C(=O)O. The van der Waals surface area contributed by atoms with E-state index in [9.17, 15) is 13.6 Å². The smallest absolute Gasteiger partial charge is 0.341 e. The molecule has 0 fully saturated rings. The van der Waals surface area contributed by atoms with Crippen LogP contribution in [0.15, 0.2) is 6.20 Å². The molecule has 7 heteroatoms. The molecule has 15 heavy (non-hydrogen) atoms. The lowest BCUT2D eigenvalue weighted by Crippen LogP contribution is -2.09. The normalized spacial score (nSPS) is 10.4. The van der Waals surface area contributed by atoms with E-state index in [-0.39, 0.29) is 5.69 Å². The monoisotopic (exact) mass is 218 g/mol. The first-order valence-electron chi connectivity index (χ1n) is 3.82. The number of nitrogens with two attached hydrogens (primary N) is 1. The largest absolute Gasteiger partial charge is 0.494 e. The van der Waals surface area contributed by atoms with Gasteiger partial charge in [0.25, 0.3) is 6.43 Å². The number of nitrogens with zero attached hydrogens (tertiary/aromatic N) is 1. The number of carboxylic acid groups (broad SMARTS) is 1. The second-order valence-electron chi connectivity index (χ2n) is 2.61. The van der Waals surface area contributed by atoms with Crippen molar-refractivity contribution in [3.05, 3.63) is 17.5 Å². The van der Waals surface area contributed by atoms with E-state index in [4.69, 9.17) is 10.8 Å². The van der Waals surface area contributed by atoms with Crippen LogP contribution in [0, 0.1) is 0 Å². The van der Waals surface area contributed by atoms with Crippen molar-refractivity contribution < 1.29 is 23.4 Å². The minimum absolute atomic E-state index is 0.219. The van der Waals surface area contributed by atoms with Crippen molar-refractivity contribution in [3.63, 3.8) is 0 Å². The predicted octanol–water partition coefficient (Wildman–Crippen LogP) is 1.31. The van der Waals surface area contributed by atoms with Crippen LogP contribution < -0.4 is 10.5 Å². The Hall–Kier alpha value is -1.92. The lowest BCUT2D eigenvalue weighted by Gasteiger charge is -2.11. The molecule has 0 spiro atoms. The van der Waals surface area contributed by atoms with Gasteiger partial charge in [-0.15, -0.1) is 0 Å². The number of nitrogen functional groups attached to an aromatic ring is 1. The van der Waals surface area contributed by atoms with Crippen LogP contribution >= 0.6 is 0 Å². The highest BCUT2D eigenvalue weighted by Gasteiger charge is 2.24. The quantitative estimate of drug-likeness (QED) is 0.798. The van der Waals surface area contributed by atoms with Crippen molar-refractivity contribution in [3.8, 4) is 5.75 Å². The number of hydrogen-bond acceptors (Lipinski definition) is 4. The topological polar surface area (TPSA) is 85.4 Å². The van der Waals surface area contributed by atoms with Gasteiger partial charge in [0.05, 0.1) is 19.0 Å². The highest BCUT2D eigenvalue weighted by Crippen LogP contribution is 2.32. The van der Waals surface area contributed by atoms with Gasteiger partial charge in [0.2, 0.25) is 0 Å². The van der Waals surface area contributed by atoms with Crippen molar-refractivity contribution in [2.45, 2.75) is 6.43 Å². The van der Waals surface area contributed by atoms with Gasteiger partial charge < -0.3 is 15.6 Å². The maximum Gasteiger partial charge on any atom is 0.341 e. The number of anilines is 1. The van der Waals surface area contributed by atoms with Crippen molar-refractivity contribution >= 4 is 11.7 Å². The maximum atomic E-state index is 12.4. The Morgan fingerprint density at radius 2 is 2.27 bits per heavy atom. The minimum Gasteiger partial charge on any atom is -0.494 e. The molecule has 1 rings (SSSR count). The Balaban J connectivity index is 3.47. The molecule has 0 radical (unpaired) electrons. The molecule has 5 nitrogen and oxygen atoms in total. The van der Waals surface area contributed by atoms with Crippen LogP contribution in [0.2, 0.25) is 0 Å². The predicted molar refractivity (Wildman–Crippen MR) is 47.1 cm³/mol. The summed E-state index contributed by atoms with van der Waals surface area (Å²) in [5, 5.41) is 8.75. The van der Waals surface area contributed by atoms with Crippen molar-refractivity contribution in [1.29, 1.82) is 0 Å². The van der Waals surface area contributed by atoms with Crippen LogP contribution in [0.1, 0.15) is 22.5 Å². The average Bonchev–Trinajstić information content (AvgIpc) is 2.15. The molecule has 0 saturated heterocycles. The molecule has 1 aromatic rings. The van der Waals surface area contributed by atoms with Gasteiger partial charge in [-0.3, -0.25) is 0 Å². The maximum absolute atomic E-state index is 12.4. The van der Waals surface area contributed by atoms with Gasteiger partial charge in [-0.05, 0) is 0 Å². The minimum atomic E-state index is -2.92. The molecule has 0 saturated carbocycles. The molecular formula is C8H8F2N2O3. The van der Waals surface area contributed by atoms with Gasteiger partial charge in [0.1, 0.15) is 11.3 Å². The molecule has 3 N–H and O–H groups in total. The summed E-state index contributed by atoms with van der Waals surface area (Å²) in [6.45, 7) is 0. The second kappa shape index (κ2) is 4.07. The molecule has 0 aliphatic heterocycles. The van der Waals surface area contributed by atoms with E-state index in [0.717, 1.165) is 13.3 Å². The first kappa shape index (κ1) is 11.2. The Labute approximate surface area is 83.5 Å². The van der Waals surface area contributed by atoms with E-state index in [1.165, 1.54) is 0 Å². The summed E-state index contributed by atoms with van der Waals surface area (Å²) < 4.78 is 29.4. The molecule has 0 aliphatic carbocycles. The van der Waals surface area contributed by atoms with Gasteiger partial charge in [-0.2, -0.15) is 0 Å². The third-order valence-electron chi connectivity index (χ3n) is 1.72. The van der Waals surface area contributed by atoms with E-state index in [1.807, 2.05) is 0 Å². The Bertz CT molecular complexity index is 396. The molecule has 0 amide bonds. The highest BCUT2D eigenvalue weighted by molar-refractivity contribution is 5.96. The van der Waals surface area contributed by atoms with Gasteiger partial charge >= 0.3 is 5.97 Å². The number of hydrogen-bond donors (Lipinski definition) is 2. The zero-order valence-electron chi connectivity index (χ0n) is 7.70. The number of ether oxygens (including phenoxy) is 1. The standard InChI is InChI=1S/C8H8F2N2O3/c1-15-6-4(8(13)14)3(11)2-12-5(6)7(9)10/h2,7H,11H2,1H3,(H,13,14). The van der Waals surface area contributed by atoms with Crippen LogP contribution in [-0.4, -0.2) is 23.2 Å². The van der Waals surface area contributed by atoms with Crippen molar-refractivity contribution in [2.24, 2.45) is 0 Å². The number of carboxylic acids is 1. The molecular weight excluding hydrogens is 210 g/mol. The molecule has 1 aromatic heterocycles. The lowest BCUT2D eigenvalue weighted by molar-refractivity contribution is 0.0693. The summed E-state index contributed by atoms with van der Waals surface area (Å²) in [6, 6.07) is 0. The second-order valence-corrected chi connectivity index (χ2v) is 2.61. The van der Waals surface area contributed by atoms with Gasteiger partial charge in [-0.25, -0.2) is 18.6 Å². The van der Waals surface area contributed by atoms with E-state index < -0.39 is 29.4 Å². The van der Waals surface area contributed by atoms with E-state index >= 15 is 0 Å². The lowest BCUT2D eigenvalue weighted by atomic mass is 10.1. The fourth-order valence-electron chi connectivity index (χ4n) is 1.10. The molecule has 0 bridgehead atoms. The van der Waals surface area contributed by atoms with Gasteiger partial charge in [0, 0.05) is 0 Å². The summed E-state index contributed by atoms with van der Waals surface area (Å²) in [4.78, 5) is 14.1. The molecule has 0 atom stereocenters. The summed E-state index contributed by atoms with van der Waals surface area (Å²) in [5.41, 5.74) is 3.85. The van der Waals surface area contributed by atoms with Crippen LogP contribution in [0.4, 0.5) is 14.5 Å². The first-order chi connectivity index (χ1) is 6.99. The van der Waals surface area contributed by atoms with Crippen LogP contribution in [0.3, 0.4) is 0 Å². The fourth-order valence-corrected chi connectivity index (χ4v) is 1.10. The number of aromatic nitrogens is 1. The van der Waals surface area contributed by atoms with E-state index in [2.05, 4.69) is 9.72 Å². The average molecular weight is 218 g/mol. The third kappa shape index (κ3) is 1.95. The van der Waals surface area contributed by atoms with Gasteiger partial charge in [0.15, 0.2) is 5.75 Å². The molecule has 0 aliphatic rings. The fraction of sp³-hybridized carbons (Fsp3) is 0.250. The van der Waals surface area contributed by atoms with E-state index in [0.29, 0.717) is 0 Å². The van der Waals surface area contributed by atoms with Gasteiger partial charge in [-0.1, -0.05) is 0 Å². The van der Waals surface area contributed by atoms with Crippen molar-refractivity contribution in [1.82, 2.24) is 4.98 Å². The molecule has 0 unspecified atom stereocenters. The number of alkyl halides is 2. The Kier molecular flexibility index (Phi) is 3.03. The Morgan fingerprint density at radius 3 is 2.67 bits per heavy atom. The zero-order valence-corrected chi connectivity index (χ0v) is 7.70.